The highest BCUT2D eigenvalue weighted by Gasteiger charge is 2.35. The maximum atomic E-state index is 12.9. The van der Waals surface area contributed by atoms with Crippen LogP contribution in [-0.2, 0) is 6.54 Å². The predicted octanol–water partition coefficient (Wildman–Crippen LogP) is 3.30. The van der Waals surface area contributed by atoms with Crippen LogP contribution in [0.15, 0.2) is 29.2 Å². The van der Waals surface area contributed by atoms with Crippen molar-refractivity contribution in [2.24, 2.45) is 11.8 Å². The van der Waals surface area contributed by atoms with E-state index in [1.807, 2.05) is 23.8 Å². The van der Waals surface area contributed by atoms with Gasteiger partial charge in [0.25, 0.3) is 5.56 Å². The third kappa shape index (κ3) is 3.53. The lowest BCUT2D eigenvalue weighted by Crippen LogP contribution is -2.48. The zero-order valence-electron chi connectivity index (χ0n) is 16.7. The second-order valence-corrected chi connectivity index (χ2v) is 8.57. The molecule has 1 saturated heterocycles. The molecule has 4 heterocycles. The fraction of sp³-hybridized carbons (Fsp3) is 0.545. The third-order valence-corrected chi connectivity index (χ3v) is 5.86. The Morgan fingerprint density at radius 2 is 2.04 bits per heavy atom. The predicted molar refractivity (Wildman–Crippen MR) is 107 cm³/mol. The van der Waals surface area contributed by atoms with Gasteiger partial charge in [-0.2, -0.15) is 0 Å². The average molecular weight is 367 g/mol. The van der Waals surface area contributed by atoms with E-state index in [1.165, 1.54) is 12.1 Å². The number of ether oxygens (including phenoxy) is 1. The Morgan fingerprint density at radius 1 is 1.22 bits per heavy atom. The van der Waals surface area contributed by atoms with Gasteiger partial charge >= 0.3 is 0 Å². The molecule has 2 aliphatic heterocycles. The molecule has 1 fully saturated rings. The molecule has 4 rings (SSSR count). The van der Waals surface area contributed by atoms with Crippen LogP contribution >= 0.6 is 0 Å². The Kier molecular flexibility index (Phi) is 4.81. The van der Waals surface area contributed by atoms with Gasteiger partial charge in [-0.15, -0.1) is 0 Å². The number of aryl methyl sites for hydroxylation is 1. The van der Waals surface area contributed by atoms with Gasteiger partial charge in [-0.1, -0.05) is 13.8 Å². The summed E-state index contributed by atoms with van der Waals surface area (Å²) in [7, 11) is 1.62. The molecule has 0 amide bonds. The van der Waals surface area contributed by atoms with Gasteiger partial charge in [0.15, 0.2) is 0 Å². The molecule has 0 spiro atoms. The number of methoxy groups -OCH3 is 1. The Labute approximate surface area is 161 Å². The standard InChI is InChI=1S/C22H29N3O2/c1-14(2)10-24-11-16-6-18(13-24)20-7-17(8-22(26)25(20)12-16)19-9-23-21(27-4)5-15(19)3/h5,7-9,14,16,18H,6,10-13H2,1-4H3/t16-,18+/m0/s1. The number of fused-ring (bicyclic) bond motifs is 4. The number of hydrogen-bond donors (Lipinski definition) is 0. The van der Waals surface area contributed by atoms with Crippen molar-refractivity contribution in [1.82, 2.24) is 14.5 Å². The summed E-state index contributed by atoms with van der Waals surface area (Å²) in [5.41, 5.74) is 4.36. The summed E-state index contributed by atoms with van der Waals surface area (Å²) < 4.78 is 7.23. The van der Waals surface area contributed by atoms with Crippen molar-refractivity contribution < 1.29 is 4.74 Å². The van der Waals surface area contributed by atoms with Gasteiger partial charge in [0.05, 0.1) is 7.11 Å². The van der Waals surface area contributed by atoms with Crippen LogP contribution in [0.2, 0.25) is 0 Å². The van der Waals surface area contributed by atoms with Crippen LogP contribution < -0.4 is 10.3 Å². The second-order valence-electron chi connectivity index (χ2n) is 8.57. The summed E-state index contributed by atoms with van der Waals surface area (Å²) in [4.78, 5) is 19.8. The zero-order valence-corrected chi connectivity index (χ0v) is 16.7. The second kappa shape index (κ2) is 7.12. The van der Waals surface area contributed by atoms with Gasteiger partial charge in [0.1, 0.15) is 0 Å². The summed E-state index contributed by atoms with van der Waals surface area (Å²) in [6.45, 7) is 10.7. The van der Waals surface area contributed by atoms with E-state index in [0.717, 1.165) is 42.9 Å². The van der Waals surface area contributed by atoms with Crippen LogP contribution in [0, 0.1) is 18.8 Å². The smallest absolute Gasteiger partial charge is 0.251 e. The van der Waals surface area contributed by atoms with Gasteiger partial charge in [-0.3, -0.25) is 4.79 Å². The summed E-state index contributed by atoms with van der Waals surface area (Å²) in [6.07, 6.45) is 3.01. The van der Waals surface area contributed by atoms with E-state index < -0.39 is 0 Å². The summed E-state index contributed by atoms with van der Waals surface area (Å²) in [6, 6.07) is 5.91. The Balaban J connectivity index is 1.72. The minimum Gasteiger partial charge on any atom is -0.481 e. The Morgan fingerprint density at radius 3 is 2.74 bits per heavy atom. The van der Waals surface area contributed by atoms with Gasteiger partial charge in [-0.05, 0) is 42.4 Å². The number of aromatic nitrogens is 2. The first-order chi connectivity index (χ1) is 12.9. The van der Waals surface area contributed by atoms with E-state index in [2.05, 4.69) is 29.8 Å². The molecule has 2 atom stereocenters. The van der Waals surface area contributed by atoms with E-state index in [0.29, 0.717) is 23.6 Å². The number of rotatable bonds is 4. The molecule has 5 nitrogen and oxygen atoms in total. The van der Waals surface area contributed by atoms with Crippen molar-refractivity contribution in [2.75, 3.05) is 26.7 Å². The topological polar surface area (TPSA) is 47.4 Å². The summed E-state index contributed by atoms with van der Waals surface area (Å²) in [5.74, 6) is 2.30. The molecular weight excluding hydrogens is 338 g/mol. The van der Waals surface area contributed by atoms with Crippen molar-refractivity contribution in [3.63, 3.8) is 0 Å². The van der Waals surface area contributed by atoms with Crippen LogP contribution in [0.1, 0.15) is 37.4 Å². The van der Waals surface area contributed by atoms with Gasteiger partial charge < -0.3 is 14.2 Å². The zero-order chi connectivity index (χ0) is 19.1. The SMILES string of the molecule is COc1cc(C)c(-c2cc3n(c(=O)c2)C[C@H]2C[C@@H]3CN(CC(C)C)C2)cn1. The van der Waals surface area contributed by atoms with Gasteiger partial charge in [-0.25, -0.2) is 4.98 Å². The van der Waals surface area contributed by atoms with Crippen LogP contribution in [0.5, 0.6) is 5.88 Å². The first-order valence-electron chi connectivity index (χ1n) is 9.92. The van der Waals surface area contributed by atoms with E-state index in [9.17, 15) is 4.79 Å². The minimum absolute atomic E-state index is 0.115. The molecule has 2 aromatic rings. The van der Waals surface area contributed by atoms with Crippen molar-refractivity contribution in [2.45, 2.75) is 39.7 Å². The Bertz CT molecular complexity index is 903. The molecule has 0 N–H and O–H groups in total. The molecule has 5 heteroatoms. The fourth-order valence-corrected chi connectivity index (χ4v) is 4.82. The van der Waals surface area contributed by atoms with Gasteiger partial charge in [0.2, 0.25) is 5.88 Å². The summed E-state index contributed by atoms with van der Waals surface area (Å²) >= 11 is 0. The van der Waals surface area contributed by atoms with Crippen molar-refractivity contribution in [3.05, 3.63) is 46.0 Å². The first-order valence-corrected chi connectivity index (χ1v) is 9.92. The largest absolute Gasteiger partial charge is 0.481 e. The van der Waals surface area contributed by atoms with Crippen molar-refractivity contribution in [1.29, 1.82) is 0 Å². The average Bonchev–Trinajstić information content (AvgIpc) is 2.61. The highest BCUT2D eigenvalue weighted by Crippen LogP contribution is 2.37. The third-order valence-electron chi connectivity index (χ3n) is 5.86. The van der Waals surface area contributed by atoms with Crippen LogP contribution in [-0.4, -0.2) is 41.2 Å². The van der Waals surface area contributed by atoms with Crippen LogP contribution in [0.25, 0.3) is 11.1 Å². The van der Waals surface area contributed by atoms with E-state index in [1.54, 1.807) is 13.2 Å². The molecular formula is C22H29N3O2. The van der Waals surface area contributed by atoms with Crippen LogP contribution in [0.3, 0.4) is 0 Å². The number of piperidine rings is 1. The molecule has 0 aliphatic carbocycles. The quantitative estimate of drug-likeness (QED) is 0.832. The number of hydrogen-bond acceptors (Lipinski definition) is 4. The molecule has 2 aliphatic rings. The van der Waals surface area contributed by atoms with Crippen LogP contribution in [0.4, 0.5) is 0 Å². The van der Waals surface area contributed by atoms with E-state index in [-0.39, 0.29) is 5.56 Å². The lowest BCUT2D eigenvalue weighted by atomic mass is 9.82. The monoisotopic (exact) mass is 367 g/mol. The highest BCUT2D eigenvalue weighted by atomic mass is 16.5. The Hall–Kier alpha value is -2.14. The highest BCUT2D eigenvalue weighted by molar-refractivity contribution is 5.67. The number of pyridine rings is 2. The van der Waals surface area contributed by atoms with Crippen molar-refractivity contribution in [3.8, 4) is 17.0 Å². The van der Waals surface area contributed by atoms with E-state index in [4.69, 9.17) is 4.74 Å². The normalized spacial score (nSPS) is 22.0. The molecule has 0 saturated carbocycles. The first kappa shape index (κ1) is 18.2. The maximum absolute atomic E-state index is 12.9. The molecule has 2 bridgehead atoms. The number of nitrogens with zero attached hydrogens (tertiary/aromatic N) is 3. The van der Waals surface area contributed by atoms with Gasteiger partial charge in [0, 0.05) is 61.7 Å². The number of likely N-dealkylation sites (tertiary alicyclic amines) is 1. The lowest BCUT2D eigenvalue weighted by molar-refractivity contribution is 0.109. The lowest BCUT2D eigenvalue weighted by Gasteiger charge is -2.43. The fourth-order valence-electron chi connectivity index (χ4n) is 4.82. The maximum Gasteiger partial charge on any atom is 0.251 e. The molecule has 2 aromatic heterocycles. The molecule has 144 valence electrons. The minimum atomic E-state index is 0.115. The molecule has 0 unspecified atom stereocenters. The summed E-state index contributed by atoms with van der Waals surface area (Å²) in [5, 5.41) is 0. The molecule has 0 radical (unpaired) electrons. The molecule has 0 aromatic carbocycles. The van der Waals surface area contributed by atoms with E-state index >= 15 is 0 Å². The van der Waals surface area contributed by atoms with Crippen molar-refractivity contribution >= 4 is 0 Å². The molecule has 27 heavy (non-hydrogen) atoms.